The summed E-state index contributed by atoms with van der Waals surface area (Å²) in [5, 5.41) is 14.7. The van der Waals surface area contributed by atoms with Crippen LogP contribution >= 0.6 is 0 Å². The Kier molecular flexibility index (Phi) is 4.63. The SMILES string of the molecule is CCn1ncc(OC)c1C(O)Cc1ccccc1OC. The lowest BCUT2D eigenvalue weighted by atomic mass is 10.0. The molecule has 0 aliphatic rings. The maximum absolute atomic E-state index is 10.5. The van der Waals surface area contributed by atoms with Crippen molar-refractivity contribution >= 4 is 0 Å². The molecule has 0 radical (unpaired) electrons. The van der Waals surface area contributed by atoms with Gasteiger partial charge in [0.2, 0.25) is 0 Å². The number of benzene rings is 1. The number of hydrogen-bond acceptors (Lipinski definition) is 4. The smallest absolute Gasteiger partial charge is 0.162 e. The Hall–Kier alpha value is -2.01. The summed E-state index contributed by atoms with van der Waals surface area (Å²) in [6, 6.07) is 7.67. The summed E-state index contributed by atoms with van der Waals surface area (Å²) in [7, 11) is 3.21. The Labute approximate surface area is 118 Å². The van der Waals surface area contributed by atoms with E-state index in [1.54, 1.807) is 25.1 Å². The minimum absolute atomic E-state index is 0.450. The summed E-state index contributed by atoms with van der Waals surface area (Å²) in [5.41, 5.74) is 1.65. The fourth-order valence-electron chi connectivity index (χ4n) is 2.30. The van der Waals surface area contributed by atoms with Crippen LogP contribution in [-0.4, -0.2) is 29.1 Å². The highest BCUT2D eigenvalue weighted by molar-refractivity contribution is 5.36. The third kappa shape index (κ3) is 2.77. The lowest BCUT2D eigenvalue weighted by Crippen LogP contribution is -2.11. The average molecular weight is 276 g/mol. The van der Waals surface area contributed by atoms with Crippen molar-refractivity contribution < 1.29 is 14.6 Å². The number of aliphatic hydroxyl groups excluding tert-OH is 1. The first-order valence-corrected chi connectivity index (χ1v) is 6.60. The monoisotopic (exact) mass is 276 g/mol. The fraction of sp³-hybridized carbons (Fsp3) is 0.400. The van der Waals surface area contributed by atoms with Gasteiger partial charge in [-0.25, -0.2) is 0 Å². The van der Waals surface area contributed by atoms with Crippen molar-refractivity contribution in [2.24, 2.45) is 0 Å². The van der Waals surface area contributed by atoms with Crippen molar-refractivity contribution in [3.05, 3.63) is 41.7 Å². The van der Waals surface area contributed by atoms with Crippen molar-refractivity contribution in [2.45, 2.75) is 26.0 Å². The van der Waals surface area contributed by atoms with E-state index < -0.39 is 6.10 Å². The average Bonchev–Trinajstić information content (AvgIpc) is 2.90. The van der Waals surface area contributed by atoms with Crippen LogP contribution in [0.5, 0.6) is 11.5 Å². The molecule has 2 rings (SSSR count). The Morgan fingerprint density at radius 3 is 2.55 bits per heavy atom. The number of aliphatic hydroxyl groups is 1. The molecule has 0 aliphatic carbocycles. The molecular weight excluding hydrogens is 256 g/mol. The molecule has 0 saturated carbocycles. The third-order valence-corrected chi connectivity index (χ3v) is 3.29. The van der Waals surface area contributed by atoms with Gasteiger partial charge in [0.15, 0.2) is 5.75 Å². The van der Waals surface area contributed by atoms with E-state index in [4.69, 9.17) is 9.47 Å². The van der Waals surface area contributed by atoms with Crippen molar-refractivity contribution in [1.82, 2.24) is 9.78 Å². The number of aryl methyl sites for hydroxylation is 1. The summed E-state index contributed by atoms with van der Waals surface area (Å²) in [6.07, 6.45) is 1.39. The van der Waals surface area contributed by atoms with Crippen molar-refractivity contribution in [3.63, 3.8) is 0 Å². The molecule has 1 atom stereocenters. The molecule has 108 valence electrons. The number of nitrogens with zero attached hydrogens (tertiary/aromatic N) is 2. The van der Waals surface area contributed by atoms with E-state index in [0.29, 0.717) is 24.4 Å². The molecule has 1 aromatic heterocycles. The van der Waals surface area contributed by atoms with Crippen LogP contribution in [0.15, 0.2) is 30.5 Å². The van der Waals surface area contributed by atoms with Crippen LogP contribution in [0.25, 0.3) is 0 Å². The minimum atomic E-state index is -0.691. The number of hydrogen-bond donors (Lipinski definition) is 1. The fourth-order valence-corrected chi connectivity index (χ4v) is 2.30. The van der Waals surface area contributed by atoms with Gasteiger partial charge < -0.3 is 14.6 Å². The second-order valence-corrected chi connectivity index (χ2v) is 4.45. The molecule has 1 N–H and O–H groups in total. The van der Waals surface area contributed by atoms with Crippen molar-refractivity contribution in [1.29, 1.82) is 0 Å². The first-order chi connectivity index (χ1) is 9.71. The highest BCUT2D eigenvalue weighted by Gasteiger charge is 2.20. The summed E-state index contributed by atoms with van der Waals surface area (Å²) in [4.78, 5) is 0. The van der Waals surface area contributed by atoms with Crippen LogP contribution in [-0.2, 0) is 13.0 Å². The third-order valence-electron chi connectivity index (χ3n) is 3.29. The number of aromatic nitrogens is 2. The number of rotatable bonds is 6. The van der Waals surface area contributed by atoms with Crippen LogP contribution in [0.4, 0.5) is 0 Å². The lowest BCUT2D eigenvalue weighted by Gasteiger charge is -2.16. The standard InChI is InChI=1S/C15H20N2O3/c1-4-17-15(14(20-3)10-16-17)12(18)9-11-7-5-6-8-13(11)19-2/h5-8,10,12,18H,4,9H2,1-3H3. The highest BCUT2D eigenvalue weighted by Crippen LogP contribution is 2.30. The van der Waals surface area contributed by atoms with Crippen molar-refractivity contribution in [3.8, 4) is 11.5 Å². The van der Waals surface area contributed by atoms with Gasteiger partial charge in [-0.15, -0.1) is 0 Å². The number of methoxy groups -OCH3 is 2. The predicted octanol–water partition coefficient (Wildman–Crippen LogP) is 2.20. The van der Waals surface area contributed by atoms with Crippen LogP contribution in [0.1, 0.15) is 24.3 Å². The molecule has 0 fully saturated rings. The molecule has 1 heterocycles. The summed E-state index contributed by atoms with van der Waals surface area (Å²) in [6.45, 7) is 2.66. The van der Waals surface area contributed by atoms with E-state index in [9.17, 15) is 5.11 Å². The molecule has 0 saturated heterocycles. The Bertz CT molecular complexity index is 544. The second kappa shape index (κ2) is 6.43. The molecular formula is C15H20N2O3. The van der Waals surface area contributed by atoms with E-state index in [1.807, 2.05) is 31.2 Å². The van der Waals surface area contributed by atoms with Crippen molar-refractivity contribution in [2.75, 3.05) is 14.2 Å². The lowest BCUT2D eigenvalue weighted by molar-refractivity contribution is 0.161. The maximum Gasteiger partial charge on any atom is 0.162 e. The number of ether oxygens (including phenoxy) is 2. The quantitative estimate of drug-likeness (QED) is 0.878. The molecule has 0 bridgehead atoms. The van der Waals surface area contributed by atoms with Crippen LogP contribution in [0.2, 0.25) is 0 Å². The zero-order valence-electron chi connectivity index (χ0n) is 12.0. The molecule has 20 heavy (non-hydrogen) atoms. The van der Waals surface area contributed by atoms with Gasteiger partial charge in [0.1, 0.15) is 17.5 Å². The van der Waals surface area contributed by atoms with Crippen LogP contribution in [0.3, 0.4) is 0 Å². The highest BCUT2D eigenvalue weighted by atomic mass is 16.5. The number of para-hydroxylation sites is 1. The van der Waals surface area contributed by atoms with Crippen LogP contribution in [0, 0.1) is 0 Å². The molecule has 5 heteroatoms. The molecule has 0 amide bonds. The summed E-state index contributed by atoms with van der Waals surface area (Å²) >= 11 is 0. The zero-order chi connectivity index (χ0) is 14.5. The maximum atomic E-state index is 10.5. The molecule has 5 nitrogen and oxygen atoms in total. The first kappa shape index (κ1) is 14.4. The van der Waals surface area contributed by atoms with Gasteiger partial charge in [-0.1, -0.05) is 18.2 Å². The van der Waals surface area contributed by atoms with E-state index in [1.165, 1.54) is 0 Å². The Balaban J connectivity index is 2.28. The van der Waals surface area contributed by atoms with Gasteiger partial charge >= 0.3 is 0 Å². The zero-order valence-corrected chi connectivity index (χ0v) is 12.0. The molecule has 1 aromatic carbocycles. The largest absolute Gasteiger partial charge is 0.496 e. The Morgan fingerprint density at radius 2 is 1.90 bits per heavy atom. The molecule has 0 aliphatic heterocycles. The Morgan fingerprint density at radius 1 is 1.20 bits per heavy atom. The summed E-state index contributed by atoms with van der Waals surface area (Å²) < 4.78 is 12.3. The topological polar surface area (TPSA) is 56.5 Å². The van der Waals surface area contributed by atoms with Gasteiger partial charge in [-0.2, -0.15) is 5.10 Å². The van der Waals surface area contributed by atoms with Gasteiger partial charge in [-0.3, -0.25) is 4.68 Å². The normalized spacial score (nSPS) is 12.2. The van der Waals surface area contributed by atoms with Gasteiger partial charge in [-0.05, 0) is 18.6 Å². The van der Waals surface area contributed by atoms with E-state index in [2.05, 4.69) is 5.10 Å². The molecule has 1 unspecified atom stereocenters. The molecule has 2 aromatic rings. The second-order valence-electron chi connectivity index (χ2n) is 4.45. The van der Waals surface area contributed by atoms with Gasteiger partial charge in [0.05, 0.1) is 20.4 Å². The minimum Gasteiger partial charge on any atom is -0.496 e. The van der Waals surface area contributed by atoms with Crippen LogP contribution < -0.4 is 9.47 Å². The van der Waals surface area contributed by atoms with E-state index in [0.717, 1.165) is 11.3 Å². The van der Waals surface area contributed by atoms with Gasteiger partial charge in [0, 0.05) is 13.0 Å². The van der Waals surface area contributed by atoms with E-state index >= 15 is 0 Å². The molecule has 0 spiro atoms. The summed E-state index contributed by atoms with van der Waals surface area (Å²) in [5.74, 6) is 1.38. The predicted molar refractivity (Wildman–Crippen MR) is 76.1 cm³/mol. The van der Waals surface area contributed by atoms with E-state index in [-0.39, 0.29) is 0 Å². The van der Waals surface area contributed by atoms with Gasteiger partial charge in [0.25, 0.3) is 0 Å². The first-order valence-electron chi connectivity index (χ1n) is 6.60.